The minimum atomic E-state index is 1.07. The maximum absolute atomic E-state index is 3.47. The van der Waals surface area contributed by atoms with Crippen molar-refractivity contribution < 1.29 is 0 Å². The van der Waals surface area contributed by atoms with Gasteiger partial charge in [-0.05, 0) is 48.6 Å². The smallest absolute Gasteiger partial charge is 0.0701 e. The fourth-order valence-electron chi connectivity index (χ4n) is 1.13. The van der Waals surface area contributed by atoms with E-state index in [9.17, 15) is 0 Å². The molecule has 1 heterocycles. The molecule has 0 saturated carbocycles. The molecule has 0 saturated heterocycles. The van der Waals surface area contributed by atoms with Crippen LogP contribution in [0.2, 0.25) is 0 Å². The van der Waals surface area contributed by atoms with Crippen LogP contribution in [0.4, 0.5) is 0 Å². The molecule has 0 bridgehead atoms. The minimum absolute atomic E-state index is 1.07. The van der Waals surface area contributed by atoms with Crippen molar-refractivity contribution in [1.82, 2.24) is 10.2 Å². The van der Waals surface area contributed by atoms with Gasteiger partial charge in [0.15, 0.2) is 0 Å². The van der Waals surface area contributed by atoms with E-state index < -0.39 is 0 Å². The number of nitrogens with zero attached hydrogens (tertiary/aromatic N) is 1. The summed E-state index contributed by atoms with van der Waals surface area (Å²) in [5.74, 6) is 0. The first-order chi connectivity index (χ1) is 6.68. The van der Waals surface area contributed by atoms with E-state index in [-0.39, 0.29) is 0 Å². The average Bonchev–Trinajstić information content (AvgIpc) is 2.50. The lowest BCUT2D eigenvalue weighted by atomic mass is 10.3. The molecule has 4 heteroatoms. The van der Waals surface area contributed by atoms with Crippen molar-refractivity contribution >= 4 is 27.3 Å². The molecule has 1 aromatic rings. The summed E-state index contributed by atoms with van der Waals surface area (Å²) in [5.41, 5.74) is 0. The monoisotopic (exact) mass is 276 g/mol. The van der Waals surface area contributed by atoms with Crippen LogP contribution in [0.25, 0.3) is 0 Å². The summed E-state index contributed by atoms with van der Waals surface area (Å²) in [6, 6.07) is 4.29. The van der Waals surface area contributed by atoms with Crippen LogP contribution in [-0.2, 0) is 6.42 Å². The SMILES string of the molecule is CN(C)CCNCCc1ccc(Br)s1. The zero-order valence-electron chi connectivity index (χ0n) is 8.72. The van der Waals surface area contributed by atoms with Gasteiger partial charge in [-0.1, -0.05) is 0 Å². The molecule has 0 aliphatic rings. The molecule has 0 fully saturated rings. The van der Waals surface area contributed by atoms with Crippen molar-refractivity contribution in [3.8, 4) is 0 Å². The number of rotatable bonds is 6. The Morgan fingerprint density at radius 3 is 2.71 bits per heavy atom. The first-order valence-corrected chi connectivity index (χ1v) is 6.39. The highest BCUT2D eigenvalue weighted by Gasteiger charge is 1.97. The molecule has 0 aromatic carbocycles. The predicted molar refractivity (Wildman–Crippen MR) is 67.1 cm³/mol. The number of thiophene rings is 1. The highest BCUT2D eigenvalue weighted by atomic mass is 79.9. The second-order valence-electron chi connectivity index (χ2n) is 3.51. The molecule has 14 heavy (non-hydrogen) atoms. The van der Waals surface area contributed by atoms with Crippen LogP contribution < -0.4 is 5.32 Å². The molecule has 0 radical (unpaired) electrons. The van der Waals surface area contributed by atoms with Gasteiger partial charge in [-0.15, -0.1) is 11.3 Å². The summed E-state index contributed by atoms with van der Waals surface area (Å²) < 4.78 is 1.22. The Morgan fingerprint density at radius 2 is 2.14 bits per heavy atom. The van der Waals surface area contributed by atoms with E-state index in [1.54, 1.807) is 0 Å². The van der Waals surface area contributed by atoms with Crippen molar-refractivity contribution in [2.45, 2.75) is 6.42 Å². The molecule has 0 atom stereocenters. The molecule has 0 amide bonds. The average molecular weight is 277 g/mol. The molecule has 80 valence electrons. The Kier molecular flexibility index (Phi) is 5.70. The van der Waals surface area contributed by atoms with Crippen LogP contribution in [0.3, 0.4) is 0 Å². The quantitative estimate of drug-likeness (QED) is 0.802. The van der Waals surface area contributed by atoms with Gasteiger partial charge in [-0.3, -0.25) is 0 Å². The van der Waals surface area contributed by atoms with Crippen molar-refractivity contribution in [1.29, 1.82) is 0 Å². The zero-order chi connectivity index (χ0) is 10.4. The number of halogens is 1. The highest BCUT2D eigenvalue weighted by molar-refractivity contribution is 9.11. The largest absolute Gasteiger partial charge is 0.315 e. The van der Waals surface area contributed by atoms with Crippen molar-refractivity contribution in [2.75, 3.05) is 33.7 Å². The standard InChI is InChI=1S/C10H17BrN2S/c1-13(2)8-7-12-6-5-9-3-4-10(11)14-9/h3-4,12H,5-8H2,1-2H3. The van der Waals surface area contributed by atoms with E-state index >= 15 is 0 Å². The minimum Gasteiger partial charge on any atom is -0.315 e. The summed E-state index contributed by atoms with van der Waals surface area (Å²) in [6.07, 6.45) is 1.13. The second kappa shape index (κ2) is 6.56. The van der Waals surface area contributed by atoms with Gasteiger partial charge >= 0.3 is 0 Å². The van der Waals surface area contributed by atoms with Crippen LogP contribution in [-0.4, -0.2) is 38.6 Å². The first-order valence-electron chi connectivity index (χ1n) is 4.78. The van der Waals surface area contributed by atoms with Crippen LogP contribution >= 0.6 is 27.3 Å². The van der Waals surface area contributed by atoms with E-state index in [1.807, 2.05) is 11.3 Å². The van der Waals surface area contributed by atoms with Crippen molar-refractivity contribution in [3.63, 3.8) is 0 Å². The zero-order valence-corrected chi connectivity index (χ0v) is 11.1. The van der Waals surface area contributed by atoms with Crippen molar-refractivity contribution in [3.05, 3.63) is 20.8 Å². The van der Waals surface area contributed by atoms with Crippen LogP contribution in [0.15, 0.2) is 15.9 Å². The van der Waals surface area contributed by atoms with Gasteiger partial charge in [0.05, 0.1) is 3.79 Å². The van der Waals surface area contributed by atoms with Gasteiger partial charge in [-0.25, -0.2) is 0 Å². The third-order valence-corrected chi connectivity index (χ3v) is 3.60. The van der Waals surface area contributed by atoms with E-state index in [2.05, 4.69) is 52.4 Å². The van der Waals surface area contributed by atoms with Crippen LogP contribution in [0.1, 0.15) is 4.88 Å². The van der Waals surface area contributed by atoms with Crippen LogP contribution in [0, 0.1) is 0 Å². The predicted octanol–water partition coefficient (Wildman–Crippen LogP) is 2.20. The molecule has 0 aliphatic heterocycles. The molecule has 2 nitrogen and oxygen atoms in total. The van der Waals surface area contributed by atoms with Gasteiger partial charge in [0.25, 0.3) is 0 Å². The third-order valence-electron chi connectivity index (χ3n) is 1.91. The molecule has 1 rings (SSSR count). The lowest BCUT2D eigenvalue weighted by Crippen LogP contribution is -2.27. The van der Waals surface area contributed by atoms with E-state index in [1.165, 1.54) is 8.66 Å². The maximum Gasteiger partial charge on any atom is 0.0701 e. The highest BCUT2D eigenvalue weighted by Crippen LogP contribution is 2.21. The molecular formula is C10H17BrN2S. The van der Waals surface area contributed by atoms with Gasteiger partial charge < -0.3 is 10.2 Å². The molecule has 1 N–H and O–H groups in total. The van der Waals surface area contributed by atoms with Gasteiger partial charge in [0, 0.05) is 24.5 Å². The lowest BCUT2D eigenvalue weighted by molar-refractivity contribution is 0.401. The van der Waals surface area contributed by atoms with Crippen molar-refractivity contribution in [2.24, 2.45) is 0 Å². The first kappa shape index (κ1) is 12.2. The number of likely N-dealkylation sites (N-methyl/N-ethyl adjacent to an activating group) is 1. The van der Waals surface area contributed by atoms with Gasteiger partial charge in [0.1, 0.15) is 0 Å². The maximum atomic E-state index is 3.47. The summed E-state index contributed by atoms with van der Waals surface area (Å²) >= 11 is 5.28. The van der Waals surface area contributed by atoms with E-state index in [0.717, 1.165) is 26.1 Å². The molecule has 1 aromatic heterocycles. The Balaban J connectivity index is 2.04. The van der Waals surface area contributed by atoms with Crippen LogP contribution in [0.5, 0.6) is 0 Å². The lowest BCUT2D eigenvalue weighted by Gasteiger charge is -2.09. The third kappa shape index (κ3) is 5.10. The van der Waals surface area contributed by atoms with E-state index in [4.69, 9.17) is 0 Å². The Morgan fingerprint density at radius 1 is 1.36 bits per heavy atom. The summed E-state index contributed by atoms with van der Waals surface area (Å²) in [4.78, 5) is 3.63. The normalized spacial score (nSPS) is 11.1. The number of nitrogens with one attached hydrogen (secondary N) is 1. The Hall–Kier alpha value is 0.1000. The summed E-state index contributed by atoms with van der Waals surface area (Å²) in [6.45, 7) is 3.24. The summed E-state index contributed by atoms with van der Waals surface area (Å²) in [7, 11) is 4.19. The molecule has 0 aliphatic carbocycles. The molecular weight excluding hydrogens is 260 g/mol. The number of hydrogen-bond donors (Lipinski definition) is 1. The summed E-state index contributed by atoms with van der Waals surface area (Å²) in [5, 5.41) is 3.42. The molecule has 0 unspecified atom stereocenters. The Bertz CT molecular complexity index is 260. The van der Waals surface area contributed by atoms with E-state index in [0.29, 0.717) is 0 Å². The number of hydrogen-bond acceptors (Lipinski definition) is 3. The topological polar surface area (TPSA) is 15.3 Å². The fourth-order valence-corrected chi connectivity index (χ4v) is 2.61. The fraction of sp³-hybridized carbons (Fsp3) is 0.600. The van der Waals surface area contributed by atoms with Gasteiger partial charge in [0.2, 0.25) is 0 Å². The van der Waals surface area contributed by atoms with Gasteiger partial charge in [-0.2, -0.15) is 0 Å². The Labute approximate surface area is 98.4 Å². The second-order valence-corrected chi connectivity index (χ2v) is 6.06. The molecule has 0 spiro atoms.